The van der Waals surface area contributed by atoms with Crippen molar-refractivity contribution in [1.82, 2.24) is 5.32 Å². The topological polar surface area (TPSA) is 102 Å². The van der Waals surface area contributed by atoms with Crippen molar-refractivity contribution in [1.29, 1.82) is 0 Å². The molecule has 0 aliphatic carbocycles. The smallest absolute Gasteiger partial charge is 0.349 e. The third-order valence-corrected chi connectivity index (χ3v) is 2.41. The van der Waals surface area contributed by atoms with Crippen molar-refractivity contribution in [3.05, 3.63) is 50.4 Å². The van der Waals surface area contributed by atoms with E-state index in [0.29, 0.717) is 5.39 Å². The maximum atomic E-state index is 11.6. The van der Waals surface area contributed by atoms with Crippen LogP contribution in [0.3, 0.4) is 0 Å². The number of amides is 1. The molecular formula is C11H8N2O5. The van der Waals surface area contributed by atoms with Gasteiger partial charge in [0.1, 0.15) is 5.56 Å². The Hall–Kier alpha value is -2.70. The van der Waals surface area contributed by atoms with Gasteiger partial charge in [0, 0.05) is 18.5 Å². The number of nitro benzene ring substituents is 1. The second kappa shape index (κ2) is 4.28. The van der Waals surface area contributed by atoms with Crippen LogP contribution in [-0.2, 0) is 0 Å². The molecule has 0 aliphatic heterocycles. The number of nitro groups is 1. The molecule has 18 heavy (non-hydrogen) atoms. The SMILES string of the molecule is CNC(=O)c1cc2cccc([N+](=O)[O-])c2oc1=O. The van der Waals surface area contributed by atoms with E-state index in [9.17, 15) is 19.7 Å². The largest absolute Gasteiger partial charge is 0.415 e. The van der Waals surface area contributed by atoms with Crippen molar-refractivity contribution >= 4 is 22.6 Å². The summed E-state index contributed by atoms with van der Waals surface area (Å²) >= 11 is 0. The number of rotatable bonds is 2. The molecule has 1 aromatic carbocycles. The second-order valence-electron chi connectivity index (χ2n) is 3.48. The Morgan fingerprint density at radius 1 is 1.44 bits per heavy atom. The third-order valence-electron chi connectivity index (χ3n) is 2.41. The van der Waals surface area contributed by atoms with Gasteiger partial charge in [0.2, 0.25) is 5.58 Å². The molecule has 1 aromatic heterocycles. The molecule has 0 spiro atoms. The molecule has 0 fully saturated rings. The number of fused-ring (bicyclic) bond motifs is 1. The lowest BCUT2D eigenvalue weighted by Gasteiger charge is -2.01. The molecule has 0 unspecified atom stereocenters. The zero-order valence-electron chi connectivity index (χ0n) is 9.30. The first-order valence-corrected chi connectivity index (χ1v) is 4.98. The summed E-state index contributed by atoms with van der Waals surface area (Å²) in [7, 11) is 1.37. The van der Waals surface area contributed by atoms with Crippen LogP contribution in [0.4, 0.5) is 5.69 Å². The van der Waals surface area contributed by atoms with Crippen molar-refractivity contribution in [3.8, 4) is 0 Å². The minimum Gasteiger partial charge on any atom is -0.415 e. The lowest BCUT2D eigenvalue weighted by Crippen LogP contribution is -2.24. The van der Waals surface area contributed by atoms with Gasteiger partial charge >= 0.3 is 11.3 Å². The Kier molecular flexibility index (Phi) is 2.80. The number of nitrogens with one attached hydrogen (secondary N) is 1. The predicted octanol–water partition coefficient (Wildman–Crippen LogP) is 1.06. The summed E-state index contributed by atoms with van der Waals surface area (Å²) in [4.78, 5) is 33.1. The van der Waals surface area contributed by atoms with Gasteiger partial charge in [-0.25, -0.2) is 4.79 Å². The monoisotopic (exact) mass is 248 g/mol. The number of nitrogens with zero attached hydrogens (tertiary/aromatic N) is 1. The van der Waals surface area contributed by atoms with Crippen molar-refractivity contribution in [2.24, 2.45) is 0 Å². The Morgan fingerprint density at radius 3 is 2.78 bits per heavy atom. The summed E-state index contributed by atoms with van der Waals surface area (Å²) in [6.07, 6.45) is 0. The zero-order chi connectivity index (χ0) is 13.3. The minimum atomic E-state index is -0.906. The summed E-state index contributed by atoms with van der Waals surface area (Å²) < 4.78 is 4.85. The molecule has 0 saturated carbocycles. The van der Waals surface area contributed by atoms with Crippen molar-refractivity contribution in [3.63, 3.8) is 0 Å². The maximum absolute atomic E-state index is 11.6. The predicted molar refractivity (Wildman–Crippen MR) is 62.5 cm³/mol. The highest BCUT2D eigenvalue weighted by Gasteiger charge is 2.18. The standard InChI is InChI=1S/C11H8N2O5/c1-12-10(14)7-5-6-3-2-4-8(13(16)17)9(6)18-11(7)15/h2-5H,1H3,(H,12,14). The fraction of sp³-hybridized carbons (Fsp3) is 0.0909. The average Bonchev–Trinajstić information content (AvgIpc) is 2.36. The van der Waals surface area contributed by atoms with Crippen LogP contribution in [0.1, 0.15) is 10.4 Å². The van der Waals surface area contributed by atoms with Crippen LogP contribution in [0.2, 0.25) is 0 Å². The molecule has 1 N–H and O–H groups in total. The van der Waals surface area contributed by atoms with Gasteiger partial charge in [-0.1, -0.05) is 12.1 Å². The number of hydrogen-bond acceptors (Lipinski definition) is 5. The Balaban J connectivity index is 2.79. The van der Waals surface area contributed by atoms with Gasteiger partial charge < -0.3 is 9.73 Å². The summed E-state index contributed by atoms with van der Waals surface area (Å²) in [6.45, 7) is 0. The van der Waals surface area contributed by atoms with Gasteiger partial charge in [-0.05, 0) is 6.07 Å². The Labute approximate surface area is 100 Å². The first-order valence-electron chi connectivity index (χ1n) is 4.98. The highest BCUT2D eigenvalue weighted by molar-refractivity contribution is 5.97. The lowest BCUT2D eigenvalue weighted by molar-refractivity contribution is -0.383. The van der Waals surface area contributed by atoms with Gasteiger partial charge in [0.05, 0.1) is 4.92 Å². The second-order valence-corrected chi connectivity index (χ2v) is 3.48. The van der Waals surface area contributed by atoms with Crippen LogP contribution in [0.5, 0.6) is 0 Å². The Morgan fingerprint density at radius 2 is 2.17 bits per heavy atom. The van der Waals surface area contributed by atoms with E-state index in [0.717, 1.165) is 0 Å². The number of carbonyl (C=O) groups is 1. The highest BCUT2D eigenvalue weighted by atomic mass is 16.6. The molecule has 1 amide bonds. The lowest BCUT2D eigenvalue weighted by atomic mass is 10.1. The van der Waals surface area contributed by atoms with Gasteiger partial charge in [0.15, 0.2) is 0 Å². The van der Waals surface area contributed by atoms with Crippen LogP contribution >= 0.6 is 0 Å². The fourth-order valence-electron chi connectivity index (χ4n) is 1.57. The van der Waals surface area contributed by atoms with Crippen LogP contribution in [0.25, 0.3) is 11.0 Å². The number of para-hydroxylation sites is 1. The van der Waals surface area contributed by atoms with Gasteiger partial charge in [-0.3, -0.25) is 14.9 Å². The van der Waals surface area contributed by atoms with E-state index in [-0.39, 0.29) is 16.8 Å². The van der Waals surface area contributed by atoms with Crippen molar-refractivity contribution < 1.29 is 14.1 Å². The molecule has 0 atom stereocenters. The average molecular weight is 248 g/mol. The Bertz CT molecular complexity index is 704. The number of benzene rings is 1. The molecule has 7 heteroatoms. The minimum absolute atomic E-state index is 0.139. The molecule has 0 aliphatic rings. The van der Waals surface area contributed by atoms with Crippen LogP contribution in [0, 0.1) is 10.1 Å². The molecule has 92 valence electrons. The highest BCUT2D eigenvalue weighted by Crippen LogP contribution is 2.24. The molecule has 1 heterocycles. The molecular weight excluding hydrogens is 240 g/mol. The summed E-state index contributed by atoms with van der Waals surface area (Å²) in [5, 5.41) is 13.4. The van der Waals surface area contributed by atoms with Crippen LogP contribution < -0.4 is 10.9 Å². The molecule has 2 rings (SSSR count). The molecule has 0 bridgehead atoms. The van der Waals surface area contributed by atoms with E-state index < -0.39 is 16.5 Å². The van der Waals surface area contributed by atoms with Crippen LogP contribution in [-0.4, -0.2) is 17.9 Å². The summed E-state index contributed by atoms with van der Waals surface area (Å²) in [5.74, 6) is -0.600. The molecule has 7 nitrogen and oxygen atoms in total. The quantitative estimate of drug-likeness (QED) is 0.486. The summed E-state index contributed by atoms with van der Waals surface area (Å²) in [5.41, 5.74) is -1.55. The maximum Gasteiger partial charge on any atom is 0.349 e. The first-order chi connectivity index (χ1) is 8.54. The van der Waals surface area contributed by atoms with E-state index in [1.54, 1.807) is 0 Å². The van der Waals surface area contributed by atoms with Gasteiger partial charge in [0.25, 0.3) is 5.91 Å². The van der Waals surface area contributed by atoms with E-state index in [4.69, 9.17) is 4.42 Å². The van der Waals surface area contributed by atoms with Gasteiger partial charge in [-0.15, -0.1) is 0 Å². The van der Waals surface area contributed by atoms with E-state index >= 15 is 0 Å². The number of non-ortho nitro benzene ring substituents is 1. The van der Waals surface area contributed by atoms with E-state index in [1.165, 1.54) is 31.3 Å². The van der Waals surface area contributed by atoms with Gasteiger partial charge in [-0.2, -0.15) is 0 Å². The van der Waals surface area contributed by atoms with Crippen LogP contribution in [0.15, 0.2) is 33.5 Å². The first kappa shape index (κ1) is 11.8. The van der Waals surface area contributed by atoms with Crippen molar-refractivity contribution in [2.75, 3.05) is 7.05 Å². The van der Waals surface area contributed by atoms with E-state index in [1.807, 2.05) is 0 Å². The van der Waals surface area contributed by atoms with Crippen molar-refractivity contribution in [2.45, 2.75) is 0 Å². The molecule has 2 aromatic rings. The number of carbonyl (C=O) groups excluding carboxylic acids is 1. The number of hydrogen-bond donors (Lipinski definition) is 1. The molecule has 0 radical (unpaired) electrons. The van der Waals surface area contributed by atoms with E-state index in [2.05, 4.69) is 5.32 Å². The third kappa shape index (κ3) is 1.81. The normalized spacial score (nSPS) is 10.3. The zero-order valence-corrected chi connectivity index (χ0v) is 9.30. The fourth-order valence-corrected chi connectivity index (χ4v) is 1.57. The summed E-state index contributed by atoms with van der Waals surface area (Å²) in [6, 6.07) is 5.48. The molecule has 0 saturated heterocycles.